The number of benzene rings is 2. The fraction of sp³-hybridized carbons (Fsp3) is 0.370. The van der Waals surface area contributed by atoms with Crippen LogP contribution in [0.3, 0.4) is 0 Å². The van der Waals surface area contributed by atoms with Crippen LogP contribution in [0.15, 0.2) is 65.8 Å². The predicted octanol–water partition coefficient (Wildman–Crippen LogP) is 3.46. The first-order valence-electron chi connectivity index (χ1n) is 12.1. The zero-order chi connectivity index (χ0) is 24.2. The number of nitrogens with zero attached hydrogens (tertiary/aromatic N) is 3. The van der Waals surface area contributed by atoms with Crippen LogP contribution < -0.4 is 10.1 Å². The number of hydrogen-bond donors (Lipinski definition) is 1. The smallest absolute Gasteiger partial charge is 0.256 e. The number of fused-ring (bicyclic) bond motifs is 1. The summed E-state index contributed by atoms with van der Waals surface area (Å²) < 4.78 is 11.6. The lowest BCUT2D eigenvalue weighted by Gasteiger charge is -2.32. The molecule has 0 bridgehead atoms. The molecule has 2 aromatic carbocycles. The molecule has 2 saturated heterocycles. The van der Waals surface area contributed by atoms with Gasteiger partial charge in [-0.15, -0.1) is 0 Å². The van der Waals surface area contributed by atoms with Gasteiger partial charge >= 0.3 is 0 Å². The Morgan fingerprint density at radius 1 is 1.11 bits per heavy atom. The fourth-order valence-corrected chi connectivity index (χ4v) is 4.69. The van der Waals surface area contributed by atoms with Crippen LogP contribution in [-0.2, 0) is 16.1 Å². The Hall–Kier alpha value is -3.65. The van der Waals surface area contributed by atoms with Gasteiger partial charge in [0.05, 0.1) is 30.9 Å². The van der Waals surface area contributed by atoms with Crippen molar-refractivity contribution in [3.8, 4) is 5.75 Å². The van der Waals surface area contributed by atoms with Crippen molar-refractivity contribution in [2.24, 2.45) is 5.10 Å². The van der Waals surface area contributed by atoms with Crippen molar-refractivity contribution in [2.45, 2.75) is 38.0 Å². The first-order valence-corrected chi connectivity index (χ1v) is 12.1. The Kier molecular flexibility index (Phi) is 6.81. The van der Waals surface area contributed by atoms with E-state index in [0.29, 0.717) is 44.1 Å². The highest BCUT2D eigenvalue weighted by Gasteiger charge is 2.29. The topological polar surface area (TPSA) is 83.5 Å². The van der Waals surface area contributed by atoms with E-state index in [1.807, 2.05) is 46.3 Å². The minimum absolute atomic E-state index is 0.0298. The van der Waals surface area contributed by atoms with Gasteiger partial charge in [-0.1, -0.05) is 24.8 Å². The van der Waals surface area contributed by atoms with Gasteiger partial charge in [-0.25, -0.2) is 0 Å². The summed E-state index contributed by atoms with van der Waals surface area (Å²) in [5.41, 5.74) is 2.39. The molecule has 182 valence electrons. The van der Waals surface area contributed by atoms with E-state index in [-0.39, 0.29) is 29.5 Å². The number of carbonyl (C=O) groups is 2. The first-order chi connectivity index (χ1) is 17.1. The number of amides is 2. The van der Waals surface area contributed by atoms with Crippen LogP contribution in [-0.4, -0.2) is 66.4 Å². The molecule has 3 heterocycles. The van der Waals surface area contributed by atoms with Crippen LogP contribution in [0.4, 0.5) is 5.69 Å². The van der Waals surface area contributed by atoms with Crippen molar-refractivity contribution in [1.82, 2.24) is 9.91 Å². The summed E-state index contributed by atoms with van der Waals surface area (Å²) in [7, 11) is 0. The molecule has 2 aromatic rings. The van der Waals surface area contributed by atoms with E-state index in [2.05, 4.69) is 17.0 Å². The van der Waals surface area contributed by atoms with Crippen molar-refractivity contribution < 1.29 is 19.1 Å². The van der Waals surface area contributed by atoms with Gasteiger partial charge in [0.25, 0.3) is 11.8 Å². The van der Waals surface area contributed by atoms with Crippen molar-refractivity contribution in [3.63, 3.8) is 0 Å². The molecule has 8 nitrogen and oxygen atoms in total. The van der Waals surface area contributed by atoms with Crippen molar-refractivity contribution in [2.75, 3.05) is 31.6 Å². The summed E-state index contributed by atoms with van der Waals surface area (Å²) in [6.07, 6.45) is 3.99. The molecule has 1 N–H and O–H groups in total. The lowest BCUT2D eigenvalue weighted by molar-refractivity contribution is -0.112. The van der Waals surface area contributed by atoms with Gasteiger partial charge in [-0.05, 0) is 48.7 Å². The molecule has 0 saturated carbocycles. The summed E-state index contributed by atoms with van der Waals surface area (Å²) in [5.74, 6) is 0.474. The molecule has 3 aliphatic heterocycles. The lowest BCUT2D eigenvalue weighted by atomic mass is 10.0. The third kappa shape index (κ3) is 5.38. The maximum atomic E-state index is 13.4. The largest absolute Gasteiger partial charge is 0.489 e. The highest BCUT2D eigenvalue weighted by molar-refractivity contribution is 6.17. The van der Waals surface area contributed by atoms with E-state index in [0.717, 1.165) is 30.6 Å². The van der Waals surface area contributed by atoms with E-state index in [4.69, 9.17) is 9.47 Å². The molecule has 0 aromatic heterocycles. The number of rotatable bonds is 4. The minimum atomic E-state index is -0.302. The van der Waals surface area contributed by atoms with Crippen LogP contribution in [0, 0.1) is 0 Å². The maximum absolute atomic E-state index is 13.4. The summed E-state index contributed by atoms with van der Waals surface area (Å²) in [5, 5.41) is 9.49. The summed E-state index contributed by atoms with van der Waals surface area (Å²) in [6, 6.07) is 15.3. The lowest BCUT2D eigenvalue weighted by Crippen LogP contribution is -2.36. The third-order valence-electron chi connectivity index (χ3n) is 6.68. The molecule has 5 rings (SSSR count). The summed E-state index contributed by atoms with van der Waals surface area (Å²) >= 11 is 0. The molecular weight excluding hydrogens is 444 g/mol. The average molecular weight is 475 g/mol. The van der Waals surface area contributed by atoms with Gasteiger partial charge in [-0.3, -0.25) is 14.6 Å². The predicted molar refractivity (Wildman–Crippen MR) is 133 cm³/mol. The molecule has 0 aliphatic carbocycles. The highest BCUT2D eigenvalue weighted by atomic mass is 16.5. The standard InChI is InChI=1S/C27H30N4O4/c1-19-16-28-31(22-10-13-34-14-11-22)17-21-15-20(7-8-25(21)29-26(19)32)27(33)30-12-9-24(18-30)35-23-5-3-2-4-6-23/h2-8,15-16,22,24H,1,9-14,17-18H2,(H,29,32)/b28-16-. The van der Waals surface area contributed by atoms with Gasteiger partial charge in [0, 0.05) is 37.4 Å². The Bertz CT molecular complexity index is 1130. The van der Waals surface area contributed by atoms with Crippen molar-refractivity contribution >= 4 is 23.7 Å². The van der Waals surface area contributed by atoms with E-state index >= 15 is 0 Å². The molecule has 35 heavy (non-hydrogen) atoms. The third-order valence-corrected chi connectivity index (χ3v) is 6.68. The number of hydrogen-bond acceptors (Lipinski definition) is 6. The second-order valence-corrected chi connectivity index (χ2v) is 9.13. The number of likely N-dealkylation sites (tertiary alicyclic amines) is 1. The minimum Gasteiger partial charge on any atom is -0.489 e. The summed E-state index contributed by atoms with van der Waals surface area (Å²) in [4.78, 5) is 27.7. The highest BCUT2D eigenvalue weighted by Crippen LogP contribution is 2.27. The maximum Gasteiger partial charge on any atom is 0.256 e. The average Bonchev–Trinajstić information content (AvgIpc) is 3.37. The Morgan fingerprint density at radius 2 is 1.91 bits per heavy atom. The van der Waals surface area contributed by atoms with E-state index < -0.39 is 0 Å². The van der Waals surface area contributed by atoms with Crippen LogP contribution in [0.2, 0.25) is 0 Å². The molecule has 1 unspecified atom stereocenters. The van der Waals surface area contributed by atoms with Crippen molar-refractivity contribution in [3.05, 3.63) is 71.8 Å². The monoisotopic (exact) mass is 474 g/mol. The molecule has 2 fully saturated rings. The summed E-state index contributed by atoms with van der Waals surface area (Å²) in [6.45, 7) is 6.86. The quantitative estimate of drug-likeness (QED) is 0.687. The van der Waals surface area contributed by atoms with Crippen LogP contribution >= 0.6 is 0 Å². The second-order valence-electron chi connectivity index (χ2n) is 9.13. The number of nitrogens with one attached hydrogen (secondary N) is 1. The molecule has 8 heteroatoms. The first kappa shape index (κ1) is 23.1. The van der Waals surface area contributed by atoms with E-state index in [9.17, 15) is 9.59 Å². The Labute approximate surface area is 205 Å². The number of anilines is 1. The van der Waals surface area contributed by atoms with Crippen LogP contribution in [0.5, 0.6) is 5.75 Å². The zero-order valence-electron chi connectivity index (χ0n) is 19.7. The fourth-order valence-electron chi connectivity index (χ4n) is 4.69. The molecular formula is C27H30N4O4. The van der Waals surface area contributed by atoms with Gasteiger partial charge < -0.3 is 19.7 Å². The van der Waals surface area contributed by atoms with E-state index in [1.165, 1.54) is 6.21 Å². The number of hydrazone groups is 1. The Balaban J connectivity index is 1.34. The van der Waals surface area contributed by atoms with Gasteiger partial charge in [0.15, 0.2) is 0 Å². The SMILES string of the molecule is C=C1/C=N\N(C2CCOCC2)Cc2cc(C(=O)N3CCC(Oc4ccccc4)C3)ccc2NC1=O. The molecule has 1 atom stereocenters. The van der Waals surface area contributed by atoms with Crippen LogP contribution in [0.25, 0.3) is 0 Å². The van der Waals surface area contributed by atoms with E-state index in [1.54, 1.807) is 12.1 Å². The van der Waals surface area contributed by atoms with Gasteiger partial charge in [0.2, 0.25) is 0 Å². The normalized spacial score (nSPS) is 22.0. The molecule has 3 aliphatic rings. The number of carbonyl (C=O) groups excluding carboxylic acids is 2. The molecule has 2 amide bonds. The number of ether oxygens (including phenoxy) is 2. The number of para-hydroxylation sites is 1. The molecule has 0 radical (unpaired) electrons. The Morgan fingerprint density at radius 3 is 2.71 bits per heavy atom. The van der Waals surface area contributed by atoms with Crippen LogP contribution in [0.1, 0.15) is 35.2 Å². The zero-order valence-corrected chi connectivity index (χ0v) is 19.7. The molecule has 0 spiro atoms. The second kappa shape index (κ2) is 10.3. The van der Waals surface area contributed by atoms with Gasteiger partial charge in [0.1, 0.15) is 11.9 Å². The van der Waals surface area contributed by atoms with Gasteiger partial charge in [-0.2, -0.15) is 5.10 Å². The van der Waals surface area contributed by atoms with Crippen molar-refractivity contribution in [1.29, 1.82) is 0 Å².